The molecule has 0 aliphatic rings. The summed E-state index contributed by atoms with van der Waals surface area (Å²) < 4.78 is 11.7. The highest BCUT2D eigenvalue weighted by Crippen LogP contribution is 2.20. The van der Waals surface area contributed by atoms with E-state index >= 15 is 0 Å². The van der Waals surface area contributed by atoms with Gasteiger partial charge in [-0.2, -0.15) is 5.10 Å². The topological polar surface area (TPSA) is 82.5 Å². The van der Waals surface area contributed by atoms with E-state index in [1.165, 1.54) is 11.8 Å². The maximum Gasteiger partial charge on any atom is 0.363 e. The van der Waals surface area contributed by atoms with Crippen molar-refractivity contribution >= 4 is 29.2 Å². The number of carbonyl (C=O) groups is 2. The van der Waals surface area contributed by atoms with Gasteiger partial charge in [0.25, 0.3) is 5.91 Å². The standard InChI is InChI=1S/C19H16ClN3O4/c1-26-16-11-23(15-5-3-2-4-6-15)22-18(16)19(25)27-12-17(24)21-14-9-7-13(20)8-10-14/h2-11H,12H2,1H3,(H,21,24). The molecule has 7 nitrogen and oxygen atoms in total. The number of ether oxygens (including phenoxy) is 2. The largest absolute Gasteiger partial charge is 0.493 e. The number of hydrogen-bond donors (Lipinski definition) is 1. The third kappa shape index (κ3) is 4.65. The first kappa shape index (κ1) is 18.5. The minimum atomic E-state index is -0.757. The van der Waals surface area contributed by atoms with Crippen LogP contribution in [0.4, 0.5) is 5.69 Å². The molecule has 0 aliphatic carbocycles. The summed E-state index contributed by atoms with van der Waals surface area (Å²) in [4.78, 5) is 24.2. The van der Waals surface area contributed by atoms with Crippen LogP contribution in [0.1, 0.15) is 10.5 Å². The lowest BCUT2D eigenvalue weighted by atomic mass is 10.3. The molecule has 0 fully saturated rings. The smallest absolute Gasteiger partial charge is 0.363 e. The van der Waals surface area contributed by atoms with Gasteiger partial charge in [-0.25, -0.2) is 9.48 Å². The summed E-state index contributed by atoms with van der Waals surface area (Å²) >= 11 is 5.79. The number of esters is 1. The summed E-state index contributed by atoms with van der Waals surface area (Å²) in [6, 6.07) is 15.8. The Labute approximate surface area is 160 Å². The highest BCUT2D eigenvalue weighted by Gasteiger charge is 2.21. The third-order valence-electron chi connectivity index (χ3n) is 3.58. The Kier molecular flexibility index (Phi) is 5.73. The summed E-state index contributed by atoms with van der Waals surface area (Å²) in [5, 5.41) is 7.35. The number of halogens is 1. The van der Waals surface area contributed by atoms with Crippen molar-refractivity contribution in [1.82, 2.24) is 9.78 Å². The Balaban J connectivity index is 1.64. The number of anilines is 1. The van der Waals surface area contributed by atoms with Crippen molar-refractivity contribution in [3.63, 3.8) is 0 Å². The van der Waals surface area contributed by atoms with Crippen LogP contribution in [0, 0.1) is 0 Å². The van der Waals surface area contributed by atoms with Gasteiger partial charge in [-0.1, -0.05) is 29.8 Å². The fraction of sp³-hybridized carbons (Fsp3) is 0.105. The van der Waals surface area contributed by atoms with Crippen LogP contribution < -0.4 is 10.1 Å². The molecule has 1 heterocycles. The van der Waals surface area contributed by atoms with E-state index in [4.69, 9.17) is 21.1 Å². The molecule has 27 heavy (non-hydrogen) atoms. The second-order valence-corrected chi connectivity index (χ2v) is 5.89. The zero-order valence-corrected chi connectivity index (χ0v) is 15.1. The van der Waals surface area contributed by atoms with Crippen molar-refractivity contribution in [2.45, 2.75) is 0 Å². The van der Waals surface area contributed by atoms with Gasteiger partial charge in [0.2, 0.25) is 5.69 Å². The summed E-state index contributed by atoms with van der Waals surface area (Å²) in [7, 11) is 1.43. The first-order valence-electron chi connectivity index (χ1n) is 7.98. The van der Waals surface area contributed by atoms with E-state index in [9.17, 15) is 9.59 Å². The van der Waals surface area contributed by atoms with Gasteiger partial charge in [-0.05, 0) is 36.4 Å². The molecule has 3 aromatic rings. The number of nitrogens with zero attached hydrogens (tertiary/aromatic N) is 2. The molecule has 0 saturated heterocycles. The van der Waals surface area contributed by atoms with E-state index in [2.05, 4.69) is 10.4 Å². The zero-order valence-electron chi connectivity index (χ0n) is 14.4. The van der Waals surface area contributed by atoms with Crippen LogP contribution in [0.25, 0.3) is 5.69 Å². The van der Waals surface area contributed by atoms with Crippen LogP contribution in [-0.4, -0.2) is 35.4 Å². The predicted molar refractivity (Wildman–Crippen MR) is 100 cm³/mol. The fourth-order valence-electron chi connectivity index (χ4n) is 2.29. The minimum absolute atomic E-state index is 0.0133. The number of hydrogen-bond acceptors (Lipinski definition) is 5. The van der Waals surface area contributed by atoms with Crippen molar-refractivity contribution in [2.24, 2.45) is 0 Å². The van der Waals surface area contributed by atoms with Gasteiger partial charge < -0.3 is 14.8 Å². The molecule has 2 aromatic carbocycles. The molecule has 0 spiro atoms. The minimum Gasteiger partial charge on any atom is -0.493 e. The molecule has 138 valence electrons. The number of nitrogens with one attached hydrogen (secondary N) is 1. The molecule has 1 aromatic heterocycles. The monoisotopic (exact) mass is 385 g/mol. The Bertz CT molecular complexity index is 939. The van der Waals surface area contributed by atoms with Crippen LogP contribution in [0.3, 0.4) is 0 Å². The van der Waals surface area contributed by atoms with Crippen LogP contribution in [0.15, 0.2) is 60.8 Å². The number of rotatable bonds is 6. The van der Waals surface area contributed by atoms with E-state index < -0.39 is 18.5 Å². The van der Waals surface area contributed by atoms with Gasteiger partial charge in [0.15, 0.2) is 12.4 Å². The number of aromatic nitrogens is 2. The summed E-state index contributed by atoms with van der Waals surface area (Å²) in [5.74, 6) is -0.984. The van der Waals surface area contributed by atoms with Gasteiger partial charge in [0.1, 0.15) is 0 Å². The number of amides is 1. The Morgan fingerprint density at radius 3 is 2.48 bits per heavy atom. The summed E-state index contributed by atoms with van der Waals surface area (Å²) in [6.07, 6.45) is 1.57. The van der Waals surface area contributed by atoms with Crippen molar-refractivity contribution in [2.75, 3.05) is 19.0 Å². The van der Waals surface area contributed by atoms with Crippen molar-refractivity contribution < 1.29 is 19.1 Å². The molecule has 0 radical (unpaired) electrons. The molecule has 0 atom stereocenters. The molecule has 0 unspecified atom stereocenters. The van der Waals surface area contributed by atoms with Crippen molar-refractivity contribution in [1.29, 1.82) is 0 Å². The lowest BCUT2D eigenvalue weighted by molar-refractivity contribution is -0.119. The van der Waals surface area contributed by atoms with E-state index in [1.807, 2.05) is 30.3 Å². The van der Waals surface area contributed by atoms with Gasteiger partial charge in [0.05, 0.1) is 19.0 Å². The molecule has 0 bridgehead atoms. The van der Waals surface area contributed by atoms with Crippen LogP contribution in [-0.2, 0) is 9.53 Å². The Hall–Kier alpha value is -3.32. The van der Waals surface area contributed by atoms with Crippen molar-refractivity contribution in [3.05, 3.63) is 71.5 Å². The molecule has 3 rings (SSSR count). The second-order valence-electron chi connectivity index (χ2n) is 5.46. The highest BCUT2D eigenvalue weighted by molar-refractivity contribution is 6.30. The Morgan fingerprint density at radius 2 is 1.81 bits per heavy atom. The van der Waals surface area contributed by atoms with E-state index in [1.54, 1.807) is 30.5 Å². The summed E-state index contributed by atoms with van der Waals surface area (Å²) in [6.45, 7) is -0.456. The lowest BCUT2D eigenvalue weighted by Gasteiger charge is -2.06. The second kappa shape index (κ2) is 8.37. The zero-order chi connectivity index (χ0) is 19.2. The lowest BCUT2D eigenvalue weighted by Crippen LogP contribution is -2.21. The number of benzene rings is 2. The van der Waals surface area contributed by atoms with Crippen LogP contribution >= 0.6 is 11.6 Å². The fourth-order valence-corrected chi connectivity index (χ4v) is 2.42. The first-order valence-corrected chi connectivity index (χ1v) is 8.36. The maximum absolute atomic E-state index is 12.3. The number of methoxy groups -OCH3 is 1. The van der Waals surface area contributed by atoms with Gasteiger partial charge in [-0.3, -0.25) is 4.79 Å². The van der Waals surface area contributed by atoms with Crippen LogP contribution in [0.5, 0.6) is 5.75 Å². The van der Waals surface area contributed by atoms with Gasteiger partial charge >= 0.3 is 5.97 Å². The first-order chi connectivity index (χ1) is 13.1. The maximum atomic E-state index is 12.3. The highest BCUT2D eigenvalue weighted by atomic mass is 35.5. The SMILES string of the molecule is COc1cn(-c2ccccc2)nc1C(=O)OCC(=O)Nc1ccc(Cl)cc1. The van der Waals surface area contributed by atoms with Crippen molar-refractivity contribution in [3.8, 4) is 11.4 Å². The average Bonchev–Trinajstić information content (AvgIpc) is 3.13. The number of carbonyl (C=O) groups excluding carboxylic acids is 2. The van der Waals surface area contributed by atoms with Gasteiger partial charge in [0, 0.05) is 10.7 Å². The quantitative estimate of drug-likeness (QED) is 0.658. The van der Waals surface area contributed by atoms with E-state index in [-0.39, 0.29) is 11.4 Å². The Morgan fingerprint density at radius 1 is 1.11 bits per heavy atom. The normalized spacial score (nSPS) is 10.3. The average molecular weight is 386 g/mol. The van der Waals surface area contributed by atoms with Gasteiger partial charge in [-0.15, -0.1) is 0 Å². The molecular formula is C19H16ClN3O4. The molecular weight excluding hydrogens is 370 g/mol. The predicted octanol–water partition coefficient (Wildman–Crippen LogP) is 3.33. The summed E-state index contributed by atoms with van der Waals surface area (Å²) in [5.41, 5.74) is 1.29. The third-order valence-corrected chi connectivity index (χ3v) is 3.83. The van der Waals surface area contributed by atoms with E-state index in [0.29, 0.717) is 10.7 Å². The van der Waals surface area contributed by atoms with Crippen LogP contribution in [0.2, 0.25) is 5.02 Å². The molecule has 0 saturated carbocycles. The number of para-hydroxylation sites is 1. The molecule has 1 amide bonds. The molecule has 0 aliphatic heterocycles. The molecule has 8 heteroatoms. The molecule has 1 N–H and O–H groups in total. The van der Waals surface area contributed by atoms with E-state index in [0.717, 1.165) is 5.69 Å².